The van der Waals surface area contributed by atoms with Crippen LogP contribution in [0.3, 0.4) is 0 Å². The number of aliphatic hydroxyl groups is 1. The minimum absolute atomic E-state index is 0.0893. The summed E-state index contributed by atoms with van der Waals surface area (Å²) >= 11 is 0.235. The predicted octanol–water partition coefficient (Wildman–Crippen LogP) is 3.57. The number of halogens is 4. The van der Waals surface area contributed by atoms with Crippen LogP contribution in [0.5, 0.6) is 0 Å². The Morgan fingerprint density at radius 2 is 2.04 bits per heavy atom. The van der Waals surface area contributed by atoms with Gasteiger partial charge in [0.15, 0.2) is 5.60 Å². The summed E-state index contributed by atoms with van der Waals surface area (Å²) in [6.07, 6.45) is 3.48. The number of hydrogen-bond acceptors (Lipinski definition) is 4. The maximum absolute atomic E-state index is 14.7. The van der Waals surface area contributed by atoms with E-state index in [0.29, 0.717) is 18.9 Å². The summed E-state index contributed by atoms with van der Waals surface area (Å²) in [4.78, 5) is 3.63. The molecule has 0 bridgehead atoms. The molecular formula is C15H17F4N3OS. The van der Waals surface area contributed by atoms with E-state index in [1.165, 1.54) is 0 Å². The van der Waals surface area contributed by atoms with E-state index in [1.54, 1.807) is 0 Å². The summed E-state index contributed by atoms with van der Waals surface area (Å²) in [5, 5.41) is 10.7. The molecule has 1 heterocycles. The van der Waals surface area contributed by atoms with E-state index in [0.717, 1.165) is 29.5 Å². The Bertz CT molecular complexity index is 669. The molecule has 1 atom stereocenters. The molecule has 0 saturated heterocycles. The molecule has 0 radical (unpaired) electrons. The third-order valence-electron chi connectivity index (χ3n) is 3.50. The molecule has 0 saturated carbocycles. The standard InChI is InChI=1S/C15H17F4N3OS/c1-2-3-6-24-15(18,19)14(23,8-22-10-20-9-21-22)12-5-4-11(16)7-13(12)17/h4-5,7,9-10,23H,2-3,6,8H2,1H3. The van der Waals surface area contributed by atoms with Crippen LogP contribution in [0.25, 0.3) is 0 Å². The molecule has 0 spiro atoms. The lowest BCUT2D eigenvalue weighted by atomic mass is 9.93. The predicted molar refractivity (Wildman–Crippen MR) is 82.6 cm³/mol. The molecule has 1 aromatic heterocycles. The van der Waals surface area contributed by atoms with E-state index in [2.05, 4.69) is 10.1 Å². The van der Waals surface area contributed by atoms with Crippen LogP contribution in [-0.2, 0) is 12.1 Å². The van der Waals surface area contributed by atoms with Gasteiger partial charge in [-0.3, -0.25) is 0 Å². The normalized spacial score (nSPS) is 14.6. The van der Waals surface area contributed by atoms with Crippen molar-refractivity contribution in [2.24, 2.45) is 0 Å². The molecule has 0 amide bonds. The molecule has 1 aromatic carbocycles. The number of benzene rings is 1. The average Bonchev–Trinajstić information content (AvgIpc) is 2.99. The zero-order valence-electron chi connectivity index (χ0n) is 12.9. The van der Waals surface area contributed by atoms with Gasteiger partial charge in [0.25, 0.3) is 0 Å². The Morgan fingerprint density at radius 1 is 1.29 bits per heavy atom. The Balaban J connectivity index is 2.43. The Labute approximate surface area is 140 Å². The summed E-state index contributed by atoms with van der Waals surface area (Å²) < 4.78 is 57.7. The van der Waals surface area contributed by atoms with Crippen LogP contribution in [0.2, 0.25) is 0 Å². The van der Waals surface area contributed by atoms with Crippen LogP contribution in [0.4, 0.5) is 17.6 Å². The lowest BCUT2D eigenvalue weighted by Gasteiger charge is -2.35. The molecule has 9 heteroatoms. The fourth-order valence-corrected chi connectivity index (χ4v) is 3.27. The number of unbranched alkanes of at least 4 members (excludes halogenated alkanes) is 1. The van der Waals surface area contributed by atoms with Crippen molar-refractivity contribution in [2.75, 3.05) is 5.75 Å². The monoisotopic (exact) mass is 363 g/mol. The van der Waals surface area contributed by atoms with Gasteiger partial charge in [0, 0.05) is 11.6 Å². The van der Waals surface area contributed by atoms with E-state index < -0.39 is 34.6 Å². The van der Waals surface area contributed by atoms with Crippen LogP contribution in [0, 0.1) is 11.6 Å². The number of thioether (sulfide) groups is 1. The maximum atomic E-state index is 14.7. The summed E-state index contributed by atoms with van der Waals surface area (Å²) in [5.74, 6) is -2.07. The van der Waals surface area contributed by atoms with Gasteiger partial charge in [0.1, 0.15) is 24.3 Å². The highest BCUT2D eigenvalue weighted by molar-refractivity contribution is 8.00. The fraction of sp³-hybridized carbons (Fsp3) is 0.467. The Hall–Kier alpha value is -1.61. The molecule has 132 valence electrons. The summed E-state index contributed by atoms with van der Waals surface area (Å²) in [6, 6.07) is 2.13. The third kappa shape index (κ3) is 3.89. The van der Waals surface area contributed by atoms with E-state index >= 15 is 0 Å². The van der Waals surface area contributed by atoms with Gasteiger partial charge in [0.2, 0.25) is 0 Å². The van der Waals surface area contributed by atoms with Gasteiger partial charge in [-0.05, 0) is 24.3 Å². The van der Waals surface area contributed by atoms with E-state index in [-0.39, 0.29) is 17.5 Å². The molecule has 4 nitrogen and oxygen atoms in total. The van der Waals surface area contributed by atoms with Gasteiger partial charge in [-0.15, -0.1) is 0 Å². The second-order valence-electron chi connectivity index (χ2n) is 5.30. The average molecular weight is 363 g/mol. The van der Waals surface area contributed by atoms with Crippen LogP contribution in [-0.4, -0.2) is 30.9 Å². The van der Waals surface area contributed by atoms with Gasteiger partial charge in [-0.1, -0.05) is 25.1 Å². The molecular weight excluding hydrogens is 346 g/mol. The van der Waals surface area contributed by atoms with E-state index in [9.17, 15) is 22.7 Å². The number of nitrogens with zero attached hydrogens (tertiary/aromatic N) is 3. The molecule has 2 aromatic rings. The van der Waals surface area contributed by atoms with Gasteiger partial charge >= 0.3 is 5.25 Å². The first-order chi connectivity index (χ1) is 11.3. The molecule has 0 aliphatic heterocycles. The highest BCUT2D eigenvalue weighted by Gasteiger charge is 2.56. The lowest BCUT2D eigenvalue weighted by molar-refractivity contribution is -0.139. The van der Waals surface area contributed by atoms with Crippen LogP contribution in [0.1, 0.15) is 25.3 Å². The summed E-state index contributed by atoms with van der Waals surface area (Å²) in [5.41, 5.74) is -3.59. The van der Waals surface area contributed by atoms with Crippen molar-refractivity contribution in [1.29, 1.82) is 0 Å². The van der Waals surface area contributed by atoms with Crippen molar-refractivity contribution < 1.29 is 22.7 Å². The minimum atomic E-state index is -3.72. The number of rotatable bonds is 8. The first-order valence-corrected chi connectivity index (χ1v) is 8.31. The Morgan fingerprint density at radius 3 is 2.62 bits per heavy atom. The zero-order valence-corrected chi connectivity index (χ0v) is 13.7. The maximum Gasteiger partial charge on any atom is 0.328 e. The molecule has 24 heavy (non-hydrogen) atoms. The van der Waals surface area contributed by atoms with Gasteiger partial charge < -0.3 is 5.11 Å². The van der Waals surface area contributed by atoms with Crippen molar-refractivity contribution in [3.05, 3.63) is 48.1 Å². The zero-order chi connectivity index (χ0) is 17.8. The van der Waals surface area contributed by atoms with E-state index in [4.69, 9.17) is 0 Å². The van der Waals surface area contributed by atoms with Crippen molar-refractivity contribution in [1.82, 2.24) is 14.8 Å². The van der Waals surface area contributed by atoms with Crippen molar-refractivity contribution >= 4 is 11.8 Å². The van der Waals surface area contributed by atoms with Crippen molar-refractivity contribution in [3.8, 4) is 0 Å². The van der Waals surface area contributed by atoms with Crippen LogP contribution >= 0.6 is 11.8 Å². The number of alkyl halides is 2. The molecule has 1 N–H and O–H groups in total. The first kappa shape index (κ1) is 18.7. The number of hydrogen-bond donors (Lipinski definition) is 1. The van der Waals surface area contributed by atoms with Gasteiger partial charge in [-0.25, -0.2) is 18.4 Å². The third-order valence-corrected chi connectivity index (χ3v) is 4.69. The molecule has 0 fully saturated rings. The highest BCUT2D eigenvalue weighted by atomic mass is 32.2. The molecule has 0 aliphatic carbocycles. The smallest absolute Gasteiger partial charge is 0.328 e. The van der Waals surface area contributed by atoms with Gasteiger partial charge in [0.05, 0.1) is 6.54 Å². The second-order valence-corrected chi connectivity index (χ2v) is 6.51. The van der Waals surface area contributed by atoms with Crippen LogP contribution < -0.4 is 0 Å². The van der Waals surface area contributed by atoms with Gasteiger partial charge in [-0.2, -0.15) is 13.9 Å². The largest absolute Gasteiger partial charge is 0.376 e. The number of aromatic nitrogens is 3. The van der Waals surface area contributed by atoms with Crippen molar-refractivity contribution in [3.63, 3.8) is 0 Å². The second kappa shape index (κ2) is 7.52. The quantitative estimate of drug-likeness (QED) is 0.575. The topological polar surface area (TPSA) is 50.9 Å². The molecule has 2 rings (SSSR count). The summed E-state index contributed by atoms with van der Waals surface area (Å²) in [6.45, 7) is 1.13. The lowest BCUT2D eigenvalue weighted by Crippen LogP contribution is -2.47. The summed E-state index contributed by atoms with van der Waals surface area (Å²) in [7, 11) is 0. The highest BCUT2D eigenvalue weighted by Crippen LogP contribution is 2.47. The van der Waals surface area contributed by atoms with E-state index in [1.807, 2.05) is 6.92 Å². The van der Waals surface area contributed by atoms with Crippen molar-refractivity contribution in [2.45, 2.75) is 37.2 Å². The minimum Gasteiger partial charge on any atom is -0.376 e. The van der Waals surface area contributed by atoms with Crippen LogP contribution in [0.15, 0.2) is 30.9 Å². The SMILES string of the molecule is CCCCSC(F)(F)C(O)(Cn1cncn1)c1ccc(F)cc1F. The fourth-order valence-electron chi connectivity index (χ4n) is 2.17. The first-order valence-electron chi connectivity index (χ1n) is 7.32. The Kier molecular flexibility index (Phi) is 5.87. The molecule has 0 aliphatic rings. The molecule has 1 unspecified atom stereocenters.